The normalized spacial score (nSPS) is 25.6. The molecule has 8 rings (SSSR count). The van der Waals surface area contributed by atoms with Gasteiger partial charge in [-0.25, -0.2) is 0 Å². The molecule has 0 spiro atoms. The maximum absolute atomic E-state index is 6.93. The molecule has 1 aromatic heterocycles. The van der Waals surface area contributed by atoms with Crippen molar-refractivity contribution in [3.05, 3.63) is 89.5 Å². The minimum atomic E-state index is -0.0505. The summed E-state index contributed by atoms with van der Waals surface area (Å²) in [4.78, 5) is 2.63. The highest BCUT2D eigenvalue weighted by atomic mass is 16.5. The number of para-hydroxylation sites is 2. The Labute approximate surface area is 224 Å². The van der Waals surface area contributed by atoms with Crippen molar-refractivity contribution in [1.29, 1.82) is 0 Å². The lowest BCUT2D eigenvalue weighted by Gasteiger charge is -2.42. The second-order valence-corrected chi connectivity index (χ2v) is 11.7. The van der Waals surface area contributed by atoms with Crippen LogP contribution in [0.4, 0.5) is 5.69 Å². The molecule has 38 heavy (non-hydrogen) atoms. The number of hydrogen-bond acceptors (Lipinski definition) is 3. The Hall–Kier alpha value is -3.37. The van der Waals surface area contributed by atoms with Crippen LogP contribution in [-0.4, -0.2) is 18.8 Å². The van der Waals surface area contributed by atoms with Gasteiger partial charge in [0, 0.05) is 41.4 Å². The third-order valence-electron chi connectivity index (χ3n) is 9.51. The average Bonchev–Trinajstić information content (AvgIpc) is 3.46. The minimum absolute atomic E-state index is 0.0505. The van der Waals surface area contributed by atoms with Crippen LogP contribution in [0.2, 0.25) is 0 Å². The van der Waals surface area contributed by atoms with Crippen LogP contribution in [0.15, 0.2) is 82.4 Å². The van der Waals surface area contributed by atoms with Gasteiger partial charge in [0.2, 0.25) is 5.58 Å². The van der Waals surface area contributed by atoms with Gasteiger partial charge in [-0.05, 0) is 54.3 Å². The van der Waals surface area contributed by atoms with E-state index in [0.29, 0.717) is 0 Å². The number of anilines is 1. The molecule has 0 bridgehead atoms. The summed E-state index contributed by atoms with van der Waals surface area (Å²) in [7, 11) is 0. The highest BCUT2D eigenvalue weighted by Gasteiger charge is 2.51. The number of rotatable bonds is 4. The van der Waals surface area contributed by atoms with Crippen molar-refractivity contribution in [3.63, 3.8) is 0 Å². The number of nitrogens with zero attached hydrogens (tertiary/aromatic N) is 2. The van der Waals surface area contributed by atoms with E-state index in [1.54, 1.807) is 0 Å². The molecule has 3 aromatic carbocycles. The maximum Gasteiger partial charge on any atom is 0.380 e. The van der Waals surface area contributed by atoms with Crippen LogP contribution in [0.1, 0.15) is 63.8 Å². The monoisotopic (exact) mass is 503 g/mol. The van der Waals surface area contributed by atoms with Gasteiger partial charge < -0.3 is 14.1 Å². The van der Waals surface area contributed by atoms with Crippen LogP contribution in [-0.2, 0) is 16.7 Å². The Morgan fingerprint density at radius 1 is 0.974 bits per heavy atom. The molecule has 5 heterocycles. The van der Waals surface area contributed by atoms with Crippen molar-refractivity contribution in [1.82, 2.24) is 0 Å². The lowest BCUT2D eigenvalue weighted by Crippen LogP contribution is -2.48. The predicted molar refractivity (Wildman–Crippen MR) is 152 cm³/mol. The van der Waals surface area contributed by atoms with Crippen LogP contribution in [0.5, 0.6) is 0 Å². The summed E-state index contributed by atoms with van der Waals surface area (Å²) in [6.45, 7) is 6.76. The van der Waals surface area contributed by atoms with E-state index in [2.05, 4.69) is 90.1 Å². The van der Waals surface area contributed by atoms with E-state index in [1.807, 2.05) is 0 Å². The van der Waals surface area contributed by atoms with Gasteiger partial charge in [-0.3, -0.25) is 0 Å². The van der Waals surface area contributed by atoms with Gasteiger partial charge in [-0.1, -0.05) is 68.7 Å². The minimum Gasteiger partial charge on any atom is -0.398 e. The fraction of sp³-hybridized carbons (Fsp3) is 0.382. The average molecular weight is 504 g/mol. The van der Waals surface area contributed by atoms with Gasteiger partial charge in [0.05, 0.1) is 17.8 Å². The largest absolute Gasteiger partial charge is 0.398 e. The Morgan fingerprint density at radius 2 is 1.84 bits per heavy atom. The van der Waals surface area contributed by atoms with Crippen LogP contribution in [0.3, 0.4) is 0 Å². The molecule has 0 amide bonds. The summed E-state index contributed by atoms with van der Waals surface area (Å²) in [5.74, 6) is 0.972. The quantitative estimate of drug-likeness (QED) is 0.214. The van der Waals surface area contributed by atoms with Gasteiger partial charge in [0.25, 0.3) is 5.52 Å². The summed E-state index contributed by atoms with van der Waals surface area (Å²) in [5.41, 5.74) is 9.04. The zero-order chi connectivity index (χ0) is 25.4. The molecule has 0 saturated carbocycles. The number of aromatic nitrogens is 1. The third-order valence-corrected chi connectivity index (χ3v) is 9.51. The van der Waals surface area contributed by atoms with E-state index >= 15 is 0 Å². The lowest BCUT2D eigenvalue weighted by molar-refractivity contribution is -0.683. The van der Waals surface area contributed by atoms with Gasteiger partial charge in [0.15, 0.2) is 6.54 Å². The van der Waals surface area contributed by atoms with Crippen LogP contribution in [0.25, 0.3) is 27.4 Å². The first-order chi connectivity index (χ1) is 18.7. The van der Waals surface area contributed by atoms with E-state index in [1.165, 1.54) is 63.6 Å². The van der Waals surface area contributed by atoms with Gasteiger partial charge in [-0.2, -0.15) is 4.57 Å². The summed E-state index contributed by atoms with van der Waals surface area (Å²) in [6.07, 6.45) is 9.63. The molecule has 192 valence electrons. The second-order valence-electron chi connectivity index (χ2n) is 11.7. The van der Waals surface area contributed by atoms with E-state index < -0.39 is 0 Å². The highest BCUT2D eigenvalue weighted by Crippen LogP contribution is 2.57. The topological polar surface area (TPSA) is 29.5 Å². The van der Waals surface area contributed by atoms with E-state index in [4.69, 9.17) is 9.15 Å². The number of hydrogen-bond donors (Lipinski definition) is 0. The Bertz CT molecular complexity index is 1660. The number of allylic oxidation sites excluding steroid dienone is 1. The molecule has 4 nitrogen and oxygen atoms in total. The molecular formula is C34H35N2O2+. The molecule has 4 aliphatic rings. The second kappa shape index (κ2) is 8.31. The van der Waals surface area contributed by atoms with E-state index in [0.717, 1.165) is 43.8 Å². The van der Waals surface area contributed by atoms with E-state index in [-0.39, 0.29) is 17.6 Å². The van der Waals surface area contributed by atoms with Gasteiger partial charge >= 0.3 is 5.89 Å². The number of unbranched alkanes of at least 4 members (excludes halogenated alkanes) is 2. The first kappa shape index (κ1) is 22.6. The van der Waals surface area contributed by atoms with Crippen molar-refractivity contribution in [3.8, 4) is 0 Å². The first-order valence-electron chi connectivity index (χ1n) is 14.5. The molecule has 4 aliphatic heterocycles. The third kappa shape index (κ3) is 3.04. The molecular weight excluding hydrogens is 468 g/mol. The summed E-state index contributed by atoms with van der Waals surface area (Å²) < 4.78 is 15.8. The number of oxazole rings is 1. The van der Waals surface area contributed by atoms with Gasteiger partial charge in [0.1, 0.15) is 0 Å². The molecule has 0 radical (unpaired) electrons. The fourth-order valence-corrected chi connectivity index (χ4v) is 7.81. The molecule has 4 heteroatoms. The molecule has 0 saturated heterocycles. The Morgan fingerprint density at radius 3 is 2.76 bits per heavy atom. The first-order valence-corrected chi connectivity index (χ1v) is 14.5. The standard InChI is InChI=1S/C34H35N2O2/c1-3-4-9-18-34(2)31-23-11-6-5-10-22(23)14-15-27(31)35-19-16-28-24(32(34)35)21-25-29(37-28)17-20-36-26-12-7-8-13-30(26)38-33(25)36/h5-8,10-15,21,28-29H,3-4,9,16-20H2,1-2H3/q+1. The smallest absolute Gasteiger partial charge is 0.380 e. The zero-order valence-electron chi connectivity index (χ0n) is 22.4. The highest BCUT2D eigenvalue weighted by molar-refractivity contribution is 5.95. The Kier molecular flexibility index (Phi) is 4.94. The van der Waals surface area contributed by atoms with Crippen molar-refractivity contribution >= 4 is 33.1 Å². The number of aryl methyl sites for hydroxylation is 1. The molecule has 0 N–H and O–H groups in total. The summed E-state index contributed by atoms with van der Waals surface area (Å²) in [5, 5.41) is 2.74. The molecule has 0 fully saturated rings. The number of ether oxygens (including phenoxy) is 1. The molecule has 3 atom stereocenters. The molecule has 0 aliphatic carbocycles. The number of fused-ring (bicyclic) bond motifs is 11. The zero-order valence-corrected chi connectivity index (χ0v) is 22.4. The molecule has 4 aromatic rings. The van der Waals surface area contributed by atoms with Crippen molar-refractivity contribution < 1.29 is 13.7 Å². The maximum atomic E-state index is 6.93. The van der Waals surface area contributed by atoms with Crippen LogP contribution < -0.4 is 9.47 Å². The number of benzene rings is 3. The fourth-order valence-electron chi connectivity index (χ4n) is 7.81. The van der Waals surface area contributed by atoms with Crippen molar-refractivity contribution in [2.24, 2.45) is 0 Å². The lowest BCUT2D eigenvalue weighted by atomic mass is 9.72. The SMILES string of the molecule is CCCCCC1(C)C2=C3C=C4c5oc6ccccc6[n+]5CCC4OC3CCN2c2ccc3ccccc3c21. The summed E-state index contributed by atoms with van der Waals surface area (Å²) >= 11 is 0. The molecule has 3 unspecified atom stereocenters. The van der Waals surface area contributed by atoms with Crippen LogP contribution >= 0.6 is 0 Å². The van der Waals surface area contributed by atoms with Crippen molar-refractivity contribution in [2.45, 2.75) is 76.5 Å². The summed E-state index contributed by atoms with van der Waals surface area (Å²) in [6, 6.07) is 22.0. The van der Waals surface area contributed by atoms with E-state index in [9.17, 15) is 0 Å². The van der Waals surface area contributed by atoms with Crippen molar-refractivity contribution in [2.75, 3.05) is 11.4 Å². The Balaban J connectivity index is 1.36. The van der Waals surface area contributed by atoms with Crippen LogP contribution in [0, 0.1) is 0 Å². The predicted octanol–water partition coefficient (Wildman–Crippen LogP) is 7.44. The van der Waals surface area contributed by atoms with Gasteiger partial charge in [-0.15, -0.1) is 0 Å².